The van der Waals surface area contributed by atoms with Crippen molar-refractivity contribution in [1.82, 2.24) is 4.90 Å². The summed E-state index contributed by atoms with van der Waals surface area (Å²) < 4.78 is 0. The summed E-state index contributed by atoms with van der Waals surface area (Å²) in [5.74, 6) is 3.10. The molecule has 0 aromatic carbocycles. The largest absolute Gasteiger partial charge is 0.370 e. The maximum Gasteiger partial charge on any atom is 0.191 e. The van der Waals surface area contributed by atoms with Gasteiger partial charge in [0.15, 0.2) is 5.96 Å². The first-order valence-electron chi connectivity index (χ1n) is 7.18. The molecule has 18 heavy (non-hydrogen) atoms. The number of guanidine groups is 1. The zero-order chi connectivity index (χ0) is 13.4. The van der Waals surface area contributed by atoms with Crippen LogP contribution in [-0.2, 0) is 0 Å². The van der Waals surface area contributed by atoms with E-state index < -0.39 is 0 Å². The van der Waals surface area contributed by atoms with Crippen molar-refractivity contribution in [3.05, 3.63) is 0 Å². The third kappa shape index (κ3) is 5.98. The van der Waals surface area contributed by atoms with E-state index in [2.05, 4.69) is 30.7 Å². The first-order valence-corrected chi connectivity index (χ1v) is 8.33. The molecule has 1 saturated heterocycles. The highest BCUT2D eigenvalue weighted by atomic mass is 32.2. The normalized spacial score (nSPS) is 18.2. The highest BCUT2D eigenvalue weighted by Crippen LogP contribution is 2.24. The Bertz CT molecular complexity index is 258. The molecular weight excluding hydrogens is 242 g/mol. The second-order valence-electron chi connectivity index (χ2n) is 5.90. The number of nitrogens with zero attached hydrogens (tertiary/aromatic N) is 2. The molecule has 0 radical (unpaired) electrons. The van der Waals surface area contributed by atoms with Gasteiger partial charge < -0.3 is 10.6 Å². The average Bonchev–Trinajstić information content (AvgIpc) is 2.37. The summed E-state index contributed by atoms with van der Waals surface area (Å²) >= 11 is 2.00. The molecule has 0 spiro atoms. The number of unbranched alkanes of at least 4 members (excludes halogenated alkanes) is 2. The molecular formula is C14H29N3S. The second-order valence-corrected chi connectivity index (χ2v) is 7.12. The Labute approximate surface area is 117 Å². The van der Waals surface area contributed by atoms with Gasteiger partial charge >= 0.3 is 0 Å². The topological polar surface area (TPSA) is 41.6 Å². The fraction of sp³-hybridized carbons (Fsp3) is 0.929. The lowest BCUT2D eigenvalue weighted by Crippen LogP contribution is -2.43. The van der Waals surface area contributed by atoms with Gasteiger partial charge in [-0.1, -0.05) is 40.0 Å². The fourth-order valence-electron chi connectivity index (χ4n) is 2.12. The van der Waals surface area contributed by atoms with Gasteiger partial charge in [-0.3, -0.25) is 4.99 Å². The molecule has 1 rings (SSSR count). The van der Waals surface area contributed by atoms with Gasteiger partial charge in [0, 0.05) is 31.1 Å². The lowest BCUT2D eigenvalue weighted by molar-refractivity contribution is 0.330. The summed E-state index contributed by atoms with van der Waals surface area (Å²) in [6.07, 6.45) is 5.16. The highest BCUT2D eigenvalue weighted by molar-refractivity contribution is 7.99. The first kappa shape index (κ1) is 15.7. The smallest absolute Gasteiger partial charge is 0.191 e. The second kappa shape index (κ2) is 7.93. The first-order chi connectivity index (χ1) is 8.55. The lowest BCUT2D eigenvalue weighted by atomic mass is 9.87. The Hall–Kier alpha value is -0.380. The summed E-state index contributed by atoms with van der Waals surface area (Å²) in [5, 5.41) is 0. The molecule has 0 bridgehead atoms. The van der Waals surface area contributed by atoms with Crippen LogP contribution in [0, 0.1) is 5.41 Å². The van der Waals surface area contributed by atoms with Crippen molar-refractivity contribution in [1.29, 1.82) is 0 Å². The van der Waals surface area contributed by atoms with Gasteiger partial charge in [-0.05, 0) is 11.8 Å². The number of nitrogens with two attached hydrogens (primary N) is 1. The Morgan fingerprint density at radius 1 is 1.28 bits per heavy atom. The maximum atomic E-state index is 6.08. The number of aliphatic imine (C=N–C) groups is 1. The van der Waals surface area contributed by atoms with E-state index in [1.54, 1.807) is 0 Å². The van der Waals surface area contributed by atoms with Gasteiger partial charge in [0.25, 0.3) is 0 Å². The highest BCUT2D eigenvalue weighted by Gasteiger charge is 2.18. The lowest BCUT2D eigenvalue weighted by Gasteiger charge is -2.28. The molecule has 1 fully saturated rings. The molecule has 2 N–H and O–H groups in total. The van der Waals surface area contributed by atoms with E-state index >= 15 is 0 Å². The van der Waals surface area contributed by atoms with Crippen LogP contribution in [-0.4, -0.2) is 42.0 Å². The molecule has 0 unspecified atom stereocenters. The molecule has 1 heterocycles. The van der Waals surface area contributed by atoms with Crippen LogP contribution in [0.2, 0.25) is 0 Å². The van der Waals surface area contributed by atoms with Crippen LogP contribution in [0.5, 0.6) is 0 Å². The molecule has 3 nitrogen and oxygen atoms in total. The van der Waals surface area contributed by atoms with Crippen molar-refractivity contribution >= 4 is 17.7 Å². The van der Waals surface area contributed by atoms with Gasteiger partial charge in [0.1, 0.15) is 0 Å². The van der Waals surface area contributed by atoms with E-state index in [1.807, 2.05) is 11.8 Å². The number of thioether (sulfide) groups is 1. The van der Waals surface area contributed by atoms with Gasteiger partial charge in [-0.15, -0.1) is 0 Å². The number of hydrogen-bond donors (Lipinski definition) is 1. The van der Waals surface area contributed by atoms with E-state index in [9.17, 15) is 0 Å². The molecule has 0 amide bonds. The minimum Gasteiger partial charge on any atom is -0.370 e. The fourth-order valence-corrected chi connectivity index (χ4v) is 3.02. The summed E-state index contributed by atoms with van der Waals surface area (Å²) in [4.78, 5) is 6.83. The monoisotopic (exact) mass is 271 g/mol. The van der Waals surface area contributed by atoms with Gasteiger partial charge in [0.2, 0.25) is 0 Å². The van der Waals surface area contributed by atoms with Crippen LogP contribution in [0.1, 0.15) is 46.5 Å². The summed E-state index contributed by atoms with van der Waals surface area (Å²) in [6, 6.07) is 0. The van der Waals surface area contributed by atoms with Gasteiger partial charge in [-0.25, -0.2) is 0 Å². The van der Waals surface area contributed by atoms with Crippen LogP contribution in [0.25, 0.3) is 0 Å². The quantitative estimate of drug-likeness (QED) is 0.459. The molecule has 1 aliphatic heterocycles. The standard InChI is InChI=1S/C14H29N3S/c1-4-5-6-7-14(2,3)12-16-13(15)17-8-10-18-11-9-17/h4-12H2,1-3H3,(H2,15,16). The zero-order valence-corrected chi connectivity index (χ0v) is 13.1. The summed E-state index contributed by atoms with van der Waals surface area (Å²) in [5.41, 5.74) is 6.36. The average molecular weight is 271 g/mol. The number of rotatable bonds is 6. The zero-order valence-electron chi connectivity index (χ0n) is 12.2. The third-order valence-electron chi connectivity index (χ3n) is 3.46. The Morgan fingerprint density at radius 2 is 1.94 bits per heavy atom. The predicted octanol–water partition coefficient (Wildman–Crippen LogP) is 2.96. The Morgan fingerprint density at radius 3 is 2.56 bits per heavy atom. The number of hydrogen-bond acceptors (Lipinski definition) is 2. The molecule has 4 heteroatoms. The van der Waals surface area contributed by atoms with E-state index in [0.717, 1.165) is 25.6 Å². The van der Waals surface area contributed by atoms with Crippen molar-refractivity contribution in [2.75, 3.05) is 31.1 Å². The van der Waals surface area contributed by atoms with Gasteiger partial charge in [-0.2, -0.15) is 11.8 Å². The van der Waals surface area contributed by atoms with E-state index in [4.69, 9.17) is 5.73 Å². The molecule has 1 aliphatic rings. The molecule has 106 valence electrons. The minimum absolute atomic E-state index is 0.282. The Balaban J connectivity index is 2.35. The minimum atomic E-state index is 0.282. The van der Waals surface area contributed by atoms with Crippen molar-refractivity contribution in [3.8, 4) is 0 Å². The third-order valence-corrected chi connectivity index (χ3v) is 4.40. The predicted molar refractivity (Wildman–Crippen MR) is 83.3 cm³/mol. The molecule has 0 atom stereocenters. The van der Waals surface area contributed by atoms with Crippen molar-refractivity contribution in [2.45, 2.75) is 46.5 Å². The van der Waals surface area contributed by atoms with E-state index in [0.29, 0.717) is 0 Å². The summed E-state index contributed by atoms with van der Waals surface area (Å²) in [6.45, 7) is 9.80. The van der Waals surface area contributed by atoms with E-state index in [-0.39, 0.29) is 5.41 Å². The maximum absolute atomic E-state index is 6.08. The van der Waals surface area contributed by atoms with Crippen LogP contribution < -0.4 is 5.73 Å². The SMILES string of the molecule is CCCCCC(C)(C)CN=C(N)N1CCSCC1. The molecule has 0 saturated carbocycles. The van der Waals surface area contributed by atoms with Crippen molar-refractivity contribution in [2.24, 2.45) is 16.1 Å². The van der Waals surface area contributed by atoms with Gasteiger partial charge in [0.05, 0.1) is 0 Å². The molecule has 0 aliphatic carbocycles. The molecule has 0 aromatic heterocycles. The van der Waals surface area contributed by atoms with E-state index in [1.165, 1.54) is 37.2 Å². The van der Waals surface area contributed by atoms with Crippen molar-refractivity contribution < 1.29 is 0 Å². The Kier molecular flexibility index (Phi) is 6.90. The van der Waals surface area contributed by atoms with Crippen LogP contribution in [0.3, 0.4) is 0 Å². The molecule has 0 aromatic rings. The van der Waals surface area contributed by atoms with Crippen LogP contribution >= 0.6 is 11.8 Å². The van der Waals surface area contributed by atoms with Crippen LogP contribution in [0.4, 0.5) is 0 Å². The summed E-state index contributed by atoms with van der Waals surface area (Å²) in [7, 11) is 0. The van der Waals surface area contributed by atoms with Crippen LogP contribution in [0.15, 0.2) is 4.99 Å². The van der Waals surface area contributed by atoms with Crippen molar-refractivity contribution in [3.63, 3.8) is 0 Å².